The molecule has 3 aromatic rings. The highest BCUT2D eigenvalue weighted by atomic mass is 16.5. The third kappa shape index (κ3) is 3.59. The van der Waals surface area contributed by atoms with E-state index in [1.165, 1.54) is 0 Å². The Labute approximate surface area is 157 Å². The van der Waals surface area contributed by atoms with Gasteiger partial charge in [0.25, 0.3) is 5.91 Å². The first-order chi connectivity index (χ1) is 13.2. The average Bonchev–Trinajstić information content (AvgIpc) is 3.28. The van der Waals surface area contributed by atoms with Gasteiger partial charge in [-0.2, -0.15) is 5.10 Å². The number of ether oxygens (including phenoxy) is 1. The molecule has 0 N–H and O–H groups in total. The fourth-order valence-corrected chi connectivity index (χ4v) is 3.09. The summed E-state index contributed by atoms with van der Waals surface area (Å²) in [5.74, 6) is 2.19. The van der Waals surface area contributed by atoms with Crippen LogP contribution in [0.4, 0.5) is 5.82 Å². The highest BCUT2D eigenvalue weighted by molar-refractivity contribution is 5.94. The minimum atomic E-state index is 0.0219. The van der Waals surface area contributed by atoms with E-state index in [-0.39, 0.29) is 5.91 Å². The lowest BCUT2D eigenvalue weighted by Crippen LogP contribution is -2.49. The van der Waals surface area contributed by atoms with E-state index in [9.17, 15) is 4.79 Å². The number of carbonyl (C=O) groups excluding carboxylic acids is 1. The van der Waals surface area contributed by atoms with E-state index in [0.29, 0.717) is 43.3 Å². The van der Waals surface area contributed by atoms with Crippen LogP contribution in [0.5, 0.6) is 5.75 Å². The van der Waals surface area contributed by atoms with Gasteiger partial charge < -0.3 is 14.5 Å². The predicted octanol–water partition coefficient (Wildman–Crippen LogP) is 1.63. The lowest BCUT2D eigenvalue weighted by Gasteiger charge is -2.35. The highest BCUT2D eigenvalue weighted by Gasteiger charge is 2.23. The smallest absolute Gasteiger partial charge is 0.254 e. The molecule has 1 aliphatic rings. The van der Waals surface area contributed by atoms with Crippen molar-refractivity contribution in [3.05, 3.63) is 60.4 Å². The Morgan fingerprint density at radius 2 is 1.78 bits per heavy atom. The van der Waals surface area contributed by atoms with Crippen LogP contribution in [0.25, 0.3) is 5.82 Å². The van der Waals surface area contributed by atoms with Gasteiger partial charge in [0.1, 0.15) is 5.75 Å². The van der Waals surface area contributed by atoms with Crippen molar-refractivity contribution in [2.45, 2.75) is 0 Å². The fourth-order valence-electron chi connectivity index (χ4n) is 3.09. The van der Waals surface area contributed by atoms with Gasteiger partial charge in [0, 0.05) is 44.1 Å². The van der Waals surface area contributed by atoms with Crippen molar-refractivity contribution in [1.29, 1.82) is 0 Å². The number of rotatable bonds is 4. The zero-order chi connectivity index (χ0) is 18.6. The topological polar surface area (TPSA) is 76.4 Å². The Kier molecular flexibility index (Phi) is 4.69. The second kappa shape index (κ2) is 7.45. The third-order valence-electron chi connectivity index (χ3n) is 4.58. The van der Waals surface area contributed by atoms with E-state index in [1.807, 2.05) is 47.5 Å². The molecule has 8 nitrogen and oxygen atoms in total. The van der Waals surface area contributed by atoms with E-state index in [1.54, 1.807) is 24.1 Å². The SMILES string of the molecule is COc1cccc(C(=O)N2CCN(c3ccc(-n4cccn4)nn3)CC2)c1. The second-order valence-electron chi connectivity index (χ2n) is 6.21. The number of aromatic nitrogens is 4. The quantitative estimate of drug-likeness (QED) is 0.700. The summed E-state index contributed by atoms with van der Waals surface area (Å²) in [6, 6.07) is 12.9. The van der Waals surface area contributed by atoms with Crippen molar-refractivity contribution in [2.75, 3.05) is 38.2 Å². The molecule has 1 amide bonds. The van der Waals surface area contributed by atoms with Gasteiger partial charge in [-0.1, -0.05) is 6.07 Å². The minimum absolute atomic E-state index is 0.0219. The summed E-state index contributed by atoms with van der Waals surface area (Å²) < 4.78 is 6.87. The molecule has 1 fully saturated rings. The maximum atomic E-state index is 12.7. The number of hydrogen-bond donors (Lipinski definition) is 0. The molecule has 0 bridgehead atoms. The molecule has 2 aromatic heterocycles. The van der Waals surface area contributed by atoms with Gasteiger partial charge in [-0.05, 0) is 36.4 Å². The Hall–Kier alpha value is -3.42. The Bertz CT molecular complexity index is 902. The molecule has 138 valence electrons. The summed E-state index contributed by atoms with van der Waals surface area (Å²) in [6.45, 7) is 2.70. The molecule has 4 rings (SSSR count). The number of anilines is 1. The molecule has 0 aliphatic carbocycles. The summed E-state index contributed by atoms with van der Waals surface area (Å²) in [5, 5.41) is 12.7. The summed E-state index contributed by atoms with van der Waals surface area (Å²) >= 11 is 0. The van der Waals surface area contributed by atoms with E-state index in [4.69, 9.17) is 4.74 Å². The lowest BCUT2D eigenvalue weighted by atomic mass is 10.1. The van der Waals surface area contributed by atoms with Crippen molar-refractivity contribution in [3.8, 4) is 11.6 Å². The summed E-state index contributed by atoms with van der Waals surface area (Å²) in [6.07, 6.45) is 3.53. The number of hydrogen-bond acceptors (Lipinski definition) is 6. The first kappa shape index (κ1) is 17.0. The van der Waals surface area contributed by atoms with Crippen molar-refractivity contribution in [3.63, 3.8) is 0 Å². The minimum Gasteiger partial charge on any atom is -0.497 e. The van der Waals surface area contributed by atoms with Crippen LogP contribution >= 0.6 is 0 Å². The molecule has 1 saturated heterocycles. The van der Waals surface area contributed by atoms with Crippen LogP contribution in [0.15, 0.2) is 54.9 Å². The summed E-state index contributed by atoms with van der Waals surface area (Å²) in [5.41, 5.74) is 0.645. The predicted molar refractivity (Wildman–Crippen MR) is 100 cm³/mol. The number of amides is 1. The number of carbonyl (C=O) groups is 1. The molecule has 1 aliphatic heterocycles. The summed E-state index contributed by atoms with van der Waals surface area (Å²) in [7, 11) is 1.60. The van der Waals surface area contributed by atoms with Gasteiger partial charge in [-0.3, -0.25) is 4.79 Å². The van der Waals surface area contributed by atoms with Crippen molar-refractivity contribution in [1.82, 2.24) is 24.9 Å². The van der Waals surface area contributed by atoms with Gasteiger partial charge in [0.15, 0.2) is 11.6 Å². The molecule has 0 radical (unpaired) electrons. The third-order valence-corrected chi connectivity index (χ3v) is 4.58. The van der Waals surface area contributed by atoms with Crippen LogP contribution in [-0.4, -0.2) is 64.1 Å². The van der Waals surface area contributed by atoms with Crippen LogP contribution in [0.1, 0.15) is 10.4 Å². The van der Waals surface area contributed by atoms with Crippen LogP contribution in [0.3, 0.4) is 0 Å². The molecule has 0 spiro atoms. The zero-order valence-electron chi connectivity index (χ0n) is 15.0. The molecule has 8 heteroatoms. The average molecular weight is 364 g/mol. The molecule has 3 heterocycles. The van der Waals surface area contributed by atoms with Gasteiger partial charge in [0.2, 0.25) is 0 Å². The highest BCUT2D eigenvalue weighted by Crippen LogP contribution is 2.18. The van der Waals surface area contributed by atoms with E-state index >= 15 is 0 Å². The molecule has 1 aromatic carbocycles. The first-order valence-corrected chi connectivity index (χ1v) is 8.76. The van der Waals surface area contributed by atoms with E-state index < -0.39 is 0 Å². The summed E-state index contributed by atoms with van der Waals surface area (Å²) in [4.78, 5) is 16.7. The maximum Gasteiger partial charge on any atom is 0.254 e. The molecular formula is C19H20N6O2. The molecule has 0 unspecified atom stereocenters. The Balaban J connectivity index is 1.39. The van der Waals surface area contributed by atoms with Gasteiger partial charge >= 0.3 is 0 Å². The van der Waals surface area contributed by atoms with Gasteiger partial charge in [-0.15, -0.1) is 10.2 Å². The van der Waals surface area contributed by atoms with Crippen LogP contribution in [-0.2, 0) is 0 Å². The number of methoxy groups -OCH3 is 1. The normalized spacial score (nSPS) is 14.3. The number of nitrogens with zero attached hydrogens (tertiary/aromatic N) is 6. The standard InChI is InChI=1S/C19H20N6O2/c1-27-16-5-2-4-15(14-16)19(26)24-12-10-23(11-13-24)17-6-7-18(22-21-17)25-9-3-8-20-25/h2-9,14H,10-13H2,1H3. The monoisotopic (exact) mass is 364 g/mol. The van der Waals surface area contributed by atoms with Crippen molar-refractivity contribution < 1.29 is 9.53 Å². The number of benzene rings is 1. The van der Waals surface area contributed by atoms with Crippen molar-refractivity contribution in [2.24, 2.45) is 0 Å². The van der Waals surface area contributed by atoms with Gasteiger partial charge in [0.05, 0.1) is 7.11 Å². The van der Waals surface area contributed by atoms with E-state index in [0.717, 1.165) is 5.82 Å². The fraction of sp³-hybridized carbons (Fsp3) is 0.263. The largest absolute Gasteiger partial charge is 0.497 e. The van der Waals surface area contributed by atoms with Crippen LogP contribution in [0.2, 0.25) is 0 Å². The Morgan fingerprint density at radius 1 is 1.00 bits per heavy atom. The van der Waals surface area contributed by atoms with E-state index in [2.05, 4.69) is 20.2 Å². The lowest BCUT2D eigenvalue weighted by molar-refractivity contribution is 0.0746. The van der Waals surface area contributed by atoms with Gasteiger partial charge in [-0.25, -0.2) is 4.68 Å². The van der Waals surface area contributed by atoms with Crippen LogP contribution < -0.4 is 9.64 Å². The number of piperazine rings is 1. The molecule has 27 heavy (non-hydrogen) atoms. The van der Waals surface area contributed by atoms with Crippen LogP contribution in [0, 0.1) is 0 Å². The van der Waals surface area contributed by atoms with Crippen molar-refractivity contribution >= 4 is 11.7 Å². The molecule has 0 saturated carbocycles. The Morgan fingerprint density at radius 3 is 2.44 bits per heavy atom. The molecular weight excluding hydrogens is 344 g/mol. The maximum absolute atomic E-state index is 12.7. The zero-order valence-corrected chi connectivity index (χ0v) is 15.0. The second-order valence-corrected chi connectivity index (χ2v) is 6.21. The first-order valence-electron chi connectivity index (χ1n) is 8.76. The molecule has 0 atom stereocenters.